The quantitative estimate of drug-likeness (QED) is 0.643. The van der Waals surface area contributed by atoms with Gasteiger partial charge in [0.05, 0.1) is 6.61 Å². The van der Waals surface area contributed by atoms with Crippen LogP contribution in [0.3, 0.4) is 0 Å². The molecule has 76 valence electrons. The van der Waals surface area contributed by atoms with E-state index in [0.29, 0.717) is 6.04 Å². The highest BCUT2D eigenvalue weighted by Gasteiger charge is 2.46. The highest BCUT2D eigenvalue weighted by molar-refractivity contribution is 5.82. The molecule has 2 unspecified atom stereocenters. The Kier molecular flexibility index (Phi) is 2.93. The molecule has 2 atom stereocenters. The van der Waals surface area contributed by atoms with E-state index in [2.05, 4.69) is 19.2 Å². The van der Waals surface area contributed by atoms with Gasteiger partial charge in [0.25, 0.3) is 0 Å². The summed E-state index contributed by atoms with van der Waals surface area (Å²) in [6.45, 7) is 4.53. The number of rotatable bonds is 4. The van der Waals surface area contributed by atoms with Gasteiger partial charge in [-0.05, 0) is 11.8 Å². The van der Waals surface area contributed by atoms with Gasteiger partial charge in [-0.2, -0.15) is 0 Å². The molecule has 0 radical (unpaired) electrons. The van der Waals surface area contributed by atoms with E-state index in [-0.39, 0.29) is 17.9 Å². The molecule has 1 aliphatic rings. The number of ether oxygens (including phenoxy) is 1. The Morgan fingerprint density at radius 2 is 2.31 bits per heavy atom. The highest BCUT2D eigenvalue weighted by atomic mass is 16.5. The van der Waals surface area contributed by atoms with Crippen LogP contribution >= 0.6 is 0 Å². The topological polar surface area (TPSA) is 64.3 Å². The van der Waals surface area contributed by atoms with E-state index in [1.54, 1.807) is 0 Å². The summed E-state index contributed by atoms with van der Waals surface area (Å²) >= 11 is 0. The van der Waals surface area contributed by atoms with Crippen LogP contribution in [0.4, 0.5) is 0 Å². The molecule has 1 fully saturated rings. The van der Waals surface area contributed by atoms with Crippen LogP contribution in [0.15, 0.2) is 0 Å². The predicted octanol–water partition coefficient (Wildman–Crippen LogP) is -0.125. The fourth-order valence-corrected chi connectivity index (χ4v) is 1.25. The number of carbonyl (C=O) groups is 1. The Balaban J connectivity index is 2.26. The Morgan fingerprint density at radius 3 is 2.69 bits per heavy atom. The molecule has 0 aromatic carbocycles. The third kappa shape index (κ3) is 2.67. The molecule has 0 aromatic rings. The normalized spacial score (nSPS) is 26.6. The van der Waals surface area contributed by atoms with Crippen molar-refractivity contribution < 1.29 is 9.53 Å². The van der Waals surface area contributed by atoms with Crippen molar-refractivity contribution in [3.63, 3.8) is 0 Å². The van der Waals surface area contributed by atoms with Crippen molar-refractivity contribution in [2.75, 3.05) is 13.7 Å². The van der Waals surface area contributed by atoms with Crippen molar-refractivity contribution in [3.8, 4) is 0 Å². The average Bonchev–Trinajstić information content (AvgIpc) is 2.59. The third-order valence-electron chi connectivity index (χ3n) is 2.51. The van der Waals surface area contributed by atoms with E-state index < -0.39 is 6.04 Å². The number of amides is 1. The minimum atomic E-state index is -0.540. The van der Waals surface area contributed by atoms with Crippen LogP contribution in [-0.2, 0) is 9.53 Å². The largest absolute Gasteiger partial charge is 0.383 e. The van der Waals surface area contributed by atoms with Crippen LogP contribution < -0.4 is 11.1 Å². The van der Waals surface area contributed by atoms with Crippen molar-refractivity contribution in [1.82, 2.24) is 5.32 Å². The Labute approximate surface area is 78.8 Å². The van der Waals surface area contributed by atoms with Gasteiger partial charge in [0.15, 0.2) is 0 Å². The molecular formula is C9H18N2O2. The monoisotopic (exact) mass is 186 g/mol. The Hall–Kier alpha value is -0.610. The van der Waals surface area contributed by atoms with Gasteiger partial charge in [-0.15, -0.1) is 0 Å². The van der Waals surface area contributed by atoms with Gasteiger partial charge in [-0.3, -0.25) is 4.79 Å². The van der Waals surface area contributed by atoms with Crippen molar-refractivity contribution in [3.05, 3.63) is 0 Å². The maximum atomic E-state index is 11.4. The second-order valence-electron chi connectivity index (χ2n) is 4.32. The molecule has 1 aliphatic carbocycles. The first-order valence-corrected chi connectivity index (χ1v) is 4.52. The molecule has 13 heavy (non-hydrogen) atoms. The van der Waals surface area contributed by atoms with Crippen LogP contribution in [0.2, 0.25) is 0 Å². The summed E-state index contributed by atoms with van der Waals surface area (Å²) < 4.78 is 4.79. The summed E-state index contributed by atoms with van der Waals surface area (Å²) in [7, 11) is 1.54. The van der Waals surface area contributed by atoms with Gasteiger partial charge in [0.2, 0.25) is 5.91 Å². The summed E-state index contributed by atoms with van der Waals surface area (Å²) in [5.74, 6) is -0.113. The molecule has 4 nitrogen and oxygen atoms in total. The molecular weight excluding hydrogens is 168 g/mol. The van der Waals surface area contributed by atoms with Crippen LogP contribution in [0.1, 0.15) is 20.3 Å². The third-order valence-corrected chi connectivity index (χ3v) is 2.51. The molecule has 0 spiro atoms. The van der Waals surface area contributed by atoms with Crippen molar-refractivity contribution in [2.45, 2.75) is 32.4 Å². The summed E-state index contributed by atoms with van der Waals surface area (Å²) in [5, 5.41) is 2.88. The zero-order valence-electron chi connectivity index (χ0n) is 8.46. The molecule has 0 heterocycles. The first-order valence-electron chi connectivity index (χ1n) is 4.52. The van der Waals surface area contributed by atoms with Gasteiger partial charge in [0, 0.05) is 13.2 Å². The molecule has 1 amide bonds. The lowest BCUT2D eigenvalue weighted by Gasteiger charge is -2.11. The average molecular weight is 186 g/mol. The first-order chi connectivity index (χ1) is 5.97. The fraction of sp³-hybridized carbons (Fsp3) is 0.889. The van der Waals surface area contributed by atoms with E-state index in [0.717, 1.165) is 6.42 Å². The molecule has 0 bridgehead atoms. The molecule has 0 saturated heterocycles. The smallest absolute Gasteiger partial charge is 0.239 e. The zero-order chi connectivity index (χ0) is 10.1. The number of hydrogen-bond donors (Lipinski definition) is 2. The van der Waals surface area contributed by atoms with Crippen LogP contribution in [0.25, 0.3) is 0 Å². The second-order valence-corrected chi connectivity index (χ2v) is 4.32. The van der Waals surface area contributed by atoms with Crippen LogP contribution in [0.5, 0.6) is 0 Å². The van der Waals surface area contributed by atoms with E-state index in [1.807, 2.05) is 0 Å². The summed E-state index contributed by atoms with van der Waals surface area (Å²) in [6.07, 6.45) is 1.04. The Morgan fingerprint density at radius 1 is 1.77 bits per heavy atom. The van der Waals surface area contributed by atoms with Gasteiger partial charge < -0.3 is 15.8 Å². The maximum Gasteiger partial charge on any atom is 0.239 e. The molecule has 0 aliphatic heterocycles. The lowest BCUT2D eigenvalue weighted by Crippen LogP contribution is -2.45. The number of nitrogens with one attached hydrogen (secondary N) is 1. The van der Waals surface area contributed by atoms with E-state index in [9.17, 15) is 4.79 Å². The highest BCUT2D eigenvalue weighted by Crippen LogP contribution is 2.44. The van der Waals surface area contributed by atoms with Crippen molar-refractivity contribution in [1.29, 1.82) is 0 Å². The minimum Gasteiger partial charge on any atom is -0.383 e. The van der Waals surface area contributed by atoms with Crippen molar-refractivity contribution in [2.24, 2.45) is 11.1 Å². The van der Waals surface area contributed by atoms with Crippen molar-refractivity contribution >= 4 is 5.91 Å². The van der Waals surface area contributed by atoms with Crippen LogP contribution in [-0.4, -0.2) is 31.7 Å². The predicted molar refractivity (Wildman–Crippen MR) is 50.2 cm³/mol. The SMILES string of the molecule is COCC(N)C(=O)NC1CC1(C)C. The van der Waals surface area contributed by atoms with Gasteiger partial charge in [-0.1, -0.05) is 13.8 Å². The number of methoxy groups -OCH3 is 1. The molecule has 4 heteroatoms. The summed E-state index contributed by atoms with van der Waals surface area (Å²) in [4.78, 5) is 11.4. The molecule has 3 N–H and O–H groups in total. The first kappa shape index (κ1) is 10.5. The minimum absolute atomic E-state index is 0.113. The lowest BCUT2D eigenvalue weighted by atomic mass is 10.2. The van der Waals surface area contributed by atoms with Gasteiger partial charge in [0.1, 0.15) is 6.04 Å². The summed E-state index contributed by atoms with van der Waals surface area (Å²) in [6, 6.07) is -0.246. The maximum absolute atomic E-state index is 11.4. The van der Waals surface area contributed by atoms with E-state index in [4.69, 9.17) is 10.5 Å². The molecule has 1 rings (SSSR count). The number of carbonyl (C=O) groups excluding carboxylic acids is 1. The summed E-state index contributed by atoms with van der Waals surface area (Å²) in [5.41, 5.74) is 5.81. The second kappa shape index (κ2) is 3.64. The molecule has 0 aromatic heterocycles. The van der Waals surface area contributed by atoms with E-state index >= 15 is 0 Å². The van der Waals surface area contributed by atoms with Gasteiger partial charge in [-0.25, -0.2) is 0 Å². The standard InChI is InChI=1S/C9H18N2O2/c1-9(2)4-7(9)11-8(12)6(10)5-13-3/h6-7H,4-5,10H2,1-3H3,(H,11,12). The Bertz CT molecular complexity index is 204. The zero-order valence-corrected chi connectivity index (χ0v) is 8.46. The van der Waals surface area contributed by atoms with Gasteiger partial charge >= 0.3 is 0 Å². The number of hydrogen-bond acceptors (Lipinski definition) is 3. The van der Waals surface area contributed by atoms with Crippen LogP contribution in [0, 0.1) is 5.41 Å². The molecule has 1 saturated carbocycles. The lowest BCUT2D eigenvalue weighted by molar-refractivity contribution is -0.123. The van der Waals surface area contributed by atoms with E-state index in [1.165, 1.54) is 7.11 Å². The number of nitrogens with two attached hydrogens (primary N) is 1. The fourth-order valence-electron chi connectivity index (χ4n) is 1.25.